The van der Waals surface area contributed by atoms with E-state index in [1.807, 2.05) is 0 Å². The van der Waals surface area contributed by atoms with Crippen molar-refractivity contribution < 1.29 is 41.6 Å². The number of hydrogen-bond acceptors (Lipinski definition) is 8. The largest absolute Gasteiger partial charge is 0.522 e. The smallest absolute Gasteiger partial charge is 0.356 e. The molecule has 11 nitrogen and oxygen atoms in total. The number of Topliss-reactive ketones (excluding diaryl/α,β-unsaturated/α-hetero) is 1. The van der Waals surface area contributed by atoms with Crippen LogP contribution in [-0.4, -0.2) is 65.4 Å². The first-order valence-electron chi connectivity index (χ1n) is 10.1. The molecule has 1 fully saturated rings. The monoisotopic (exact) mass is 475 g/mol. The molecule has 14 heteroatoms. The zero-order valence-electron chi connectivity index (χ0n) is 17.9. The Balaban J connectivity index is 2.14. The van der Waals surface area contributed by atoms with Crippen LogP contribution in [0.2, 0.25) is 0 Å². The minimum atomic E-state index is -5.03. The van der Waals surface area contributed by atoms with Gasteiger partial charge in [0.05, 0.1) is 12.0 Å². The van der Waals surface area contributed by atoms with Crippen molar-refractivity contribution in [2.24, 2.45) is 22.7 Å². The third-order valence-electron chi connectivity index (χ3n) is 4.75. The van der Waals surface area contributed by atoms with Crippen LogP contribution in [-0.2, 0) is 19.1 Å². The van der Waals surface area contributed by atoms with Crippen molar-refractivity contribution in [2.45, 2.75) is 45.5 Å². The molecule has 3 amide bonds. The van der Waals surface area contributed by atoms with Gasteiger partial charge in [0.1, 0.15) is 6.61 Å². The van der Waals surface area contributed by atoms with Gasteiger partial charge in [0.25, 0.3) is 5.82 Å². The number of nitrogens with one attached hydrogen (secondary N) is 2. The number of halogens is 3. The summed E-state index contributed by atoms with van der Waals surface area (Å²) in [5.74, 6) is -4.99. The van der Waals surface area contributed by atoms with E-state index in [0.29, 0.717) is 13.0 Å². The van der Waals surface area contributed by atoms with Gasteiger partial charge in [-0.25, -0.2) is 4.99 Å². The van der Waals surface area contributed by atoms with Gasteiger partial charge < -0.3 is 15.2 Å². The molecular formula is C19H24F3N5O6. The molecule has 0 bridgehead atoms. The standard InChI is InChI=1S/C19H24F3N5O6/c1-10(2)5-12(7-24-18(31)15-25-9-33-27-15)17(30)26-13(6-11-3-4-23-16(11)29)14(28)8-32-19(20,21)22/h7,9-13H,3-6,8H2,1-2H3,(H,23,29)(H,26,30)/b24-7+/t11-,12?,13-/m0/s1. The highest BCUT2D eigenvalue weighted by atomic mass is 19.4. The lowest BCUT2D eigenvalue weighted by molar-refractivity contribution is -0.321. The Morgan fingerprint density at radius 2 is 2.12 bits per heavy atom. The summed E-state index contributed by atoms with van der Waals surface area (Å²) in [6.45, 7) is 2.65. The summed E-state index contributed by atoms with van der Waals surface area (Å²) in [4.78, 5) is 56.3. The minimum Gasteiger partial charge on any atom is -0.356 e. The molecule has 1 aliphatic heterocycles. The fourth-order valence-corrected chi connectivity index (χ4v) is 3.18. The Bertz CT molecular complexity index is 872. The van der Waals surface area contributed by atoms with Crippen molar-refractivity contribution in [2.75, 3.05) is 13.2 Å². The highest BCUT2D eigenvalue weighted by Crippen LogP contribution is 2.20. The van der Waals surface area contributed by atoms with Crippen molar-refractivity contribution in [3.05, 3.63) is 12.2 Å². The SMILES string of the molecule is CC(C)CC(/C=N/C(=O)c1ncon1)C(=O)N[C@@H](C[C@@H]1CCNC1=O)C(=O)COC(F)(F)F. The van der Waals surface area contributed by atoms with Crippen LogP contribution in [0.15, 0.2) is 15.9 Å². The fourth-order valence-electron chi connectivity index (χ4n) is 3.18. The van der Waals surface area contributed by atoms with Crippen molar-refractivity contribution >= 4 is 29.7 Å². The second-order valence-electron chi connectivity index (χ2n) is 7.85. The summed E-state index contributed by atoms with van der Waals surface area (Å²) in [6, 6.07) is -1.40. The van der Waals surface area contributed by atoms with E-state index in [2.05, 4.69) is 35.0 Å². The number of rotatable bonds is 11. The van der Waals surface area contributed by atoms with Gasteiger partial charge in [-0.2, -0.15) is 4.98 Å². The van der Waals surface area contributed by atoms with Crippen LogP contribution in [0.25, 0.3) is 0 Å². The second kappa shape index (κ2) is 11.6. The van der Waals surface area contributed by atoms with Crippen LogP contribution in [0.3, 0.4) is 0 Å². The van der Waals surface area contributed by atoms with Crippen LogP contribution in [0.1, 0.15) is 43.7 Å². The summed E-state index contributed by atoms with van der Waals surface area (Å²) < 4.78 is 45.2. The molecule has 1 aliphatic rings. The van der Waals surface area contributed by atoms with Gasteiger partial charge in [0.15, 0.2) is 5.78 Å². The molecule has 0 saturated carbocycles. The molecule has 182 valence electrons. The Hall–Kier alpha value is -3.16. The Morgan fingerprint density at radius 3 is 2.67 bits per heavy atom. The van der Waals surface area contributed by atoms with E-state index in [4.69, 9.17) is 0 Å². The quantitative estimate of drug-likeness (QED) is 0.451. The van der Waals surface area contributed by atoms with Crippen LogP contribution in [0, 0.1) is 17.8 Å². The number of amides is 3. The molecule has 2 N–H and O–H groups in total. The molecule has 0 radical (unpaired) electrons. The van der Waals surface area contributed by atoms with E-state index in [0.717, 1.165) is 12.6 Å². The first-order chi connectivity index (χ1) is 15.5. The lowest BCUT2D eigenvalue weighted by atomic mass is 9.93. The molecule has 1 saturated heterocycles. The number of ether oxygens (including phenoxy) is 1. The number of nitrogens with zero attached hydrogens (tertiary/aromatic N) is 3. The van der Waals surface area contributed by atoms with Crippen molar-refractivity contribution in [3.63, 3.8) is 0 Å². The maximum atomic E-state index is 12.9. The van der Waals surface area contributed by atoms with Crippen LogP contribution >= 0.6 is 0 Å². The van der Waals surface area contributed by atoms with Crippen molar-refractivity contribution in [1.29, 1.82) is 0 Å². The molecule has 0 aliphatic carbocycles. The molecule has 0 spiro atoms. The zero-order chi connectivity index (χ0) is 24.6. The molecule has 33 heavy (non-hydrogen) atoms. The number of ketones is 1. The van der Waals surface area contributed by atoms with E-state index < -0.39 is 48.4 Å². The molecule has 0 aromatic carbocycles. The third-order valence-corrected chi connectivity index (χ3v) is 4.75. The molecular weight excluding hydrogens is 451 g/mol. The average molecular weight is 475 g/mol. The summed E-state index contributed by atoms with van der Waals surface area (Å²) >= 11 is 0. The first kappa shape index (κ1) is 26.1. The first-order valence-corrected chi connectivity index (χ1v) is 10.1. The summed E-state index contributed by atoms with van der Waals surface area (Å²) in [5, 5.41) is 8.30. The Kier molecular flexibility index (Phi) is 9.20. The lowest BCUT2D eigenvalue weighted by Crippen LogP contribution is -2.47. The van der Waals surface area contributed by atoms with Gasteiger partial charge in [0, 0.05) is 18.7 Å². The number of carbonyl (C=O) groups excluding carboxylic acids is 4. The average Bonchev–Trinajstić information content (AvgIpc) is 3.40. The van der Waals surface area contributed by atoms with E-state index in [-0.39, 0.29) is 30.5 Å². The van der Waals surface area contributed by atoms with Gasteiger partial charge in [0.2, 0.25) is 18.2 Å². The normalized spacial score (nSPS) is 18.4. The summed E-state index contributed by atoms with van der Waals surface area (Å²) in [7, 11) is 0. The van der Waals surface area contributed by atoms with E-state index in [9.17, 15) is 32.3 Å². The Morgan fingerprint density at radius 1 is 1.39 bits per heavy atom. The van der Waals surface area contributed by atoms with Crippen molar-refractivity contribution in [3.8, 4) is 0 Å². The minimum absolute atomic E-state index is 0.0317. The van der Waals surface area contributed by atoms with Gasteiger partial charge in [-0.1, -0.05) is 19.0 Å². The molecule has 2 heterocycles. The van der Waals surface area contributed by atoms with E-state index in [1.54, 1.807) is 13.8 Å². The summed E-state index contributed by atoms with van der Waals surface area (Å²) in [6.07, 6.45) is -2.64. The predicted octanol–water partition coefficient (Wildman–Crippen LogP) is 1.06. The number of carbonyl (C=O) groups is 4. The summed E-state index contributed by atoms with van der Waals surface area (Å²) in [5.41, 5.74) is 0. The van der Waals surface area contributed by atoms with Gasteiger partial charge >= 0.3 is 12.3 Å². The molecule has 1 aromatic heterocycles. The fraction of sp³-hybridized carbons (Fsp3) is 0.632. The Labute approximate surface area is 186 Å². The number of hydrogen-bond donors (Lipinski definition) is 2. The van der Waals surface area contributed by atoms with E-state index >= 15 is 0 Å². The topological polar surface area (TPSA) is 153 Å². The van der Waals surface area contributed by atoms with Gasteiger partial charge in [-0.15, -0.1) is 13.2 Å². The van der Waals surface area contributed by atoms with Gasteiger partial charge in [-0.3, -0.25) is 23.9 Å². The maximum absolute atomic E-state index is 12.9. The predicted molar refractivity (Wildman–Crippen MR) is 105 cm³/mol. The molecule has 1 unspecified atom stereocenters. The van der Waals surface area contributed by atoms with Crippen molar-refractivity contribution in [1.82, 2.24) is 20.8 Å². The van der Waals surface area contributed by atoms with Crippen LogP contribution < -0.4 is 10.6 Å². The van der Waals surface area contributed by atoms with Crippen LogP contribution in [0.4, 0.5) is 13.2 Å². The number of alkyl halides is 3. The molecule has 1 aromatic rings. The number of aliphatic imine (C=N–C) groups is 1. The molecule has 3 atom stereocenters. The maximum Gasteiger partial charge on any atom is 0.522 e. The highest BCUT2D eigenvalue weighted by molar-refractivity contribution is 6.02. The number of aromatic nitrogens is 2. The van der Waals surface area contributed by atoms with Gasteiger partial charge in [-0.05, 0) is 25.2 Å². The molecule has 2 rings (SSSR count). The third kappa shape index (κ3) is 8.71. The second-order valence-corrected chi connectivity index (χ2v) is 7.85. The van der Waals surface area contributed by atoms with Crippen LogP contribution in [0.5, 0.6) is 0 Å². The highest BCUT2D eigenvalue weighted by Gasteiger charge is 2.35. The van der Waals surface area contributed by atoms with E-state index in [1.165, 1.54) is 0 Å². The lowest BCUT2D eigenvalue weighted by Gasteiger charge is -2.23. The zero-order valence-corrected chi connectivity index (χ0v) is 17.9.